The lowest BCUT2D eigenvalue weighted by Gasteiger charge is -2.25. The minimum atomic E-state index is -2.15. The number of carboxylic acid groups (broad SMARTS) is 1. The number of aliphatic hydroxyl groups is 4. The topological polar surface area (TPSA) is 174 Å². The average Bonchev–Trinajstić information content (AvgIpc) is 2.34. The van der Waals surface area contributed by atoms with Crippen molar-refractivity contribution in [2.45, 2.75) is 31.3 Å². The number of amides is 2. The Kier molecular flexibility index (Phi) is 7.87. The predicted molar refractivity (Wildman–Crippen MR) is 61.3 cm³/mol. The third-order valence-corrected chi connectivity index (χ3v) is 2.15. The maximum Gasteiger partial charge on any atom is 0.329 e. The number of carboxylic acids is 1. The number of carbonyl (C=O) groups is 3. The largest absolute Gasteiger partial charge is 0.480 e. The van der Waals surface area contributed by atoms with E-state index in [2.05, 4.69) is 4.74 Å². The third-order valence-electron chi connectivity index (χ3n) is 2.15. The van der Waals surface area contributed by atoms with Gasteiger partial charge in [0.25, 0.3) is 5.91 Å². The van der Waals surface area contributed by atoms with Crippen LogP contribution in [0.2, 0.25) is 0 Å². The van der Waals surface area contributed by atoms with E-state index in [0.717, 1.165) is 6.92 Å². The standard InChI is InChI=1S/C10H17NO9/c1-4(12)11-10(19)9(18)8(17)7(16)5(13)2-20-3-6(14)15/h5,7-9,13,16-18H,2-3H2,1H3,(H,14,15)(H,11,12,19)/t5-,7-,8+,9-/m1/s1. The molecule has 0 bridgehead atoms. The Morgan fingerprint density at radius 2 is 1.65 bits per heavy atom. The molecule has 0 heterocycles. The fraction of sp³-hybridized carbons (Fsp3) is 0.700. The molecule has 4 atom stereocenters. The lowest BCUT2D eigenvalue weighted by Crippen LogP contribution is -2.52. The van der Waals surface area contributed by atoms with Gasteiger partial charge in [0.15, 0.2) is 6.10 Å². The molecule has 0 saturated carbocycles. The van der Waals surface area contributed by atoms with Crippen molar-refractivity contribution in [1.82, 2.24) is 5.32 Å². The molecule has 0 fully saturated rings. The lowest BCUT2D eigenvalue weighted by atomic mass is 10.0. The van der Waals surface area contributed by atoms with Gasteiger partial charge in [-0.2, -0.15) is 0 Å². The van der Waals surface area contributed by atoms with Gasteiger partial charge in [-0.3, -0.25) is 14.9 Å². The van der Waals surface area contributed by atoms with E-state index >= 15 is 0 Å². The first kappa shape index (κ1) is 18.4. The molecule has 6 N–H and O–H groups in total. The van der Waals surface area contributed by atoms with Gasteiger partial charge in [0.2, 0.25) is 5.91 Å². The molecule has 2 amide bonds. The first-order valence-electron chi connectivity index (χ1n) is 5.50. The summed E-state index contributed by atoms with van der Waals surface area (Å²) in [7, 11) is 0. The molecule has 20 heavy (non-hydrogen) atoms. The number of hydrogen-bond acceptors (Lipinski definition) is 8. The second kappa shape index (κ2) is 8.55. The summed E-state index contributed by atoms with van der Waals surface area (Å²) in [5.41, 5.74) is 0. The van der Waals surface area contributed by atoms with Gasteiger partial charge in [-0.25, -0.2) is 4.79 Å². The van der Waals surface area contributed by atoms with Crippen LogP contribution in [-0.2, 0) is 19.1 Å². The van der Waals surface area contributed by atoms with Crippen molar-refractivity contribution in [1.29, 1.82) is 0 Å². The summed E-state index contributed by atoms with van der Waals surface area (Å²) in [6, 6.07) is 0. The molecular formula is C10H17NO9. The minimum Gasteiger partial charge on any atom is -0.480 e. The Balaban J connectivity index is 4.36. The third kappa shape index (κ3) is 6.54. The highest BCUT2D eigenvalue weighted by Crippen LogP contribution is 2.06. The maximum absolute atomic E-state index is 11.2. The Hall–Kier alpha value is -1.59. The predicted octanol–water partition coefficient (Wildman–Crippen LogP) is -3.81. The van der Waals surface area contributed by atoms with Crippen LogP contribution in [0.1, 0.15) is 6.92 Å². The quantitative estimate of drug-likeness (QED) is 0.262. The molecule has 0 radical (unpaired) electrons. The first-order valence-corrected chi connectivity index (χ1v) is 5.50. The van der Waals surface area contributed by atoms with Crippen LogP contribution in [-0.4, -0.2) is 80.9 Å². The lowest BCUT2D eigenvalue weighted by molar-refractivity contribution is -0.154. The van der Waals surface area contributed by atoms with E-state index in [4.69, 9.17) is 5.11 Å². The molecule has 10 heteroatoms. The maximum atomic E-state index is 11.2. The molecule has 0 unspecified atom stereocenters. The zero-order valence-electron chi connectivity index (χ0n) is 10.6. The van der Waals surface area contributed by atoms with Crippen LogP contribution in [0.3, 0.4) is 0 Å². The Morgan fingerprint density at radius 3 is 2.10 bits per heavy atom. The van der Waals surface area contributed by atoms with E-state index in [0.29, 0.717) is 0 Å². The zero-order valence-corrected chi connectivity index (χ0v) is 10.6. The number of imide groups is 1. The van der Waals surface area contributed by atoms with E-state index in [1.54, 1.807) is 5.32 Å². The summed E-state index contributed by atoms with van der Waals surface area (Å²) in [6.45, 7) is -0.360. The van der Waals surface area contributed by atoms with Gasteiger partial charge in [0.1, 0.15) is 24.9 Å². The molecule has 0 rings (SSSR count). The molecule has 0 aliphatic carbocycles. The fourth-order valence-corrected chi connectivity index (χ4v) is 1.18. The van der Waals surface area contributed by atoms with Gasteiger partial charge < -0.3 is 30.3 Å². The fourth-order valence-electron chi connectivity index (χ4n) is 1.18. The average molecular weight is 295 g/mol. The van der Waals surface area contributed by atoms with Crippen LogP contribution >= 0.6 is 0 Å². The summed E-state index contributed by atoms with van der Waals surface area (Å²) in [5.74, 6) is -3.32. The van der Waals surface area contributed by atoms with Gasteiger partial charge in [-0.1, -0.05) is 0 Å². The van der Waals surface area contributed by atoms with E-state index in [9.17, 15) is 34.8 Å². The Bertz CT molecular complexity index is 359. The number of rotatable bonds is 8. The van der Waals surface area contributed by atoms with Crippen molar-refractivity contribution in [3.63, 3.8) is 0 Å². The van der Waals surface area contributed by atoms with Gasteiger partial charge in [0, 0.05) is 6.92 Å². The van der Waals surface area contributed by atoms with E-state index < -0.39 is 55.4 Å². The molecule has 0 aliphatic rings. The highest BCUT2D eigenvalue weighted by Gasteiger charge is 2.34. The number of aliphatic carboxylic acids is 1. The molecule has 0 aromatic heterocycles. The zero-order chi connectivity index (χ0) is 15.9. The van der Waals surface area contributed by atoms with Crippen LogP contribution in [0.4, 0.5) is 0 Å². The number of nitrogens with one attached hydrogen (secondary N) is 1. The highest BCUT2D eigenvalue weighted by atomic mass is 16.5. The summed E-state index contributed by atoms with van der Waals surface area (Å²) in [6.07, 6.45) is -7.94. The van der Waals surface area contributed by atoms with Crippen LogP contribution in [0.15, 0.2) is 0 Å². The van der Waals surface area contributed by atoms with Crippen molar-refractivity contribution < 1.29 is 44.7 Å². The van der Waals surface area contributed by atoms with Crippen LogP contribution in [0.25, 0.3) is 0 Å². The number of aliphatic hydroxyl groups excluding tert-OH is 4. The molecule has 0 aliphatic heterocycles. The molecule has 0 saturated heterocycles. The Morgan fingerprint density at radius 1 is 1.10 bits per heavy atom. The van der Waals surface area contributed by atoms with Crippen LogP contribution in [0, 0.1) is 0 Å². The first-order chi connectivity index (χ1) is 9.16. The highest BCUT2D eigenvalue weighted by molar-refractivity contribution is 5.96. The molecule has 10 nitrogen and oxygen atoms in total. The van der Waals surface area contributed by atoms with Crippen molar-refractivity contribution in [2.75, 3.05) is 13.2 Å². The van der Waals surface area contributed by atoms with Crippen molar-refractivity contribution in [3.8, 4) is 0 Å². The molecule has 0 spiro atoms. The second-order valence-corrected chi connectivity index (χ2v) is 3.95. The van der Waals surface area contributed by atoms with E-state index in [1.807, 2.05) is 0 Å². The summed E-state index contributed by atoms with van der Waals surface area (Å²) in [5, 5.41) is 47.6. The molecule has 0 aromatic carbocycles. The summed E-state index contributed by atoms with van der Waals surface area (Å²) < 4.78 is 4.48. The van der Waals surface area contributed by atoms with Crippen LogP contribution < -0.4 is 5.32 Å². The monoisotopic (exact) mass is 295 g/mol. The van der Waals surface area contributed by atoms with Crippen molar-refractivity contribution in [2.24, 2.45) is 0 Å². The minimum absolute atomic E-state index is 0.633. The smallest absolute Gasteiger partial charge is 0.329 e. The van der Waals surface area contributed by atoms with Gasteiger partial charge >= 0.3 is 5.97 Å². The number of hydrogen-bond donors (Lipinski definition) is 6. The summed E-state index contributed by atoms with van der Waals surface area (Å²) in [4.78, 5) is 31.9. The van der Waals surface area contributed by atoms with Crippen molar-refractivity contribution in [3.05, 3.63) is 0 Å². The van der Waals surface area contributed by atoms with Gasteiger partial charge in [-0.05, 0) is 0 Å². The Labute approximate surface area is 113 Å². The molecule has 0 aromatic rings. The van der Waals surface area contributed by atoms with Crippen molar-refractivity contribution >= 4 is 17.8 Å². The van der Waals surface area contributed by atoms with Crippen LogP contribution in [0.5, 0.6) is 0 Å². The van der Waals surface area contributed by atoms with Gasteiger partial charge in [-0.15, -0.1) is 0 Å². The molecular weight excluding hydrogens is 278 g/mol. The SMILES string of the molecule is CC(=O)NC(=O)[C@H](O)[C@@H](O)[C@H](O)[C@H](O)COCC(=O)O. The number of ether oxygens (including phenoxy) is 1. The normalized spacial score (nSPS) is 16.9. The van der Waals surface area contributed by atoms with E-state index in [-0.39, 0.29) is 0 Å². The summed E-state index contributed by atoms with van der Waals surface area (Å²) >= 11 is 0. The molecule has 116 valence electrons. The van der Waals surface area contributed by atoms with E-state index in [1.165, 1.54) is 0 Å². The number of carbonyl (C=O) groups excluding carboxylic acids is 2. The second-order valence-electron chi connectivity index (χ2n) is 3.95. The van der Waals surface area contributed by atoms with Gasteiger partial charge in [0.05, 0.1) is 6.61 Å².